The summed E-state index contributed by atoms with van der Waals surface area (Å²) in [6.45, 7) is 3.61. The molecule has 0 aromatic carbocycles. The fourth-order valence-electron chi connectivity index (χ4n) is 1.60. The Labute approximate surface area is 97.8 Å². The second-order valence-corrected chi connectivity index (χ2v) is 3.97. The van der Waals surface area contributed by atoms with Crippen molar-refractivity contribution in [2.75, 3.05) is 39.0 Å². The smallest absolute Gasteiger partial charge is 0.203 e. The van der Waals surface area contributed by atoms with Crippen LogP contribution in [-0.2, 0) is 0 Å². The summed E-state index contributed by atoms with van der Waals surface area (Å²) in [7, 11) is 2.13. The molecule has 0 unspecified atom stereocenters. The molecule has 0 amide bonds. The number of nitrogen functional groups attached to an aromatic ring is 1. The molecule has 1 aromatic rings. The first-order valence-electron chi connectivity index (χ1n) is 5.34. The van der Waals surface area contributed by atoms with E-state index in [0.717, 1.165) is 26.2 Å². The van der Waals surface area contributed by atoms with Crippen molar-refractivity contribution in [3.8, 4) is 0 Å². The molecule has 1 aromatic heterocycles. The van der Waals surface area contributed by atoms with Crippen LogP contribution in [0, 0.1) is 0 Å². The number of piperazine rings is 1. The van der Waals surface area contributed by atoms with Gasteiger partial charge < -0.3 is 10.6 Å². The van der Waals surface area contributed by atoms with Crippen molar-refractivity contribution in [1.82, 2.24) is 20.8 Å². The van der Waals surface area contributed by atoms with Crippen LogP contribution in [0.4, 0.5) is 5.82 Å². The molecule has 0 radical (unpaired) electrons. The zero-order chi connectivity index (χ0) is 12.3. The van der Waals surface area contributed by atoms with Crippen molar-refractivity contribution in [1.29, 1.82) is 0 Å². The number of aromatic nitrogens is 2. The van der Waals surface area contributed by atoms with Crippen molar-refractivity contribution < 1.29 is 14.7 Å². The van der Waals surface area contributed by atoms with Gasteiger partial charge in [0.2, 0.25) is 5.84 Å². The van der Waals surface area contributed by atoms with Crippen molar-refractivity contribution >= 4 is 11.7 Å². The summed E-state index contributed by atoms with van der Waals surface area (Å²) in [4.78, 5) is 1.46. The van der Waals surface area contributed by atoms with Gasteiger partial charge in [-0.3, -0.25) is 10.2 Å². The van der Waals surface area contributed by atoms with E-state index in [1.807, 2.05) is 10.5 Å². The van der Waals surface area contributed by atoms with Crippen LogP contribution in [0.3, 0.4) is 0 Å². The third-order valence-electron chi connectivity index (χ3n) is 2.68. The van der Waals surface area contributed by atoms with E-state index in [-0.39, 0.29) is 17.3 Å². The number of quaternary nitrogens is 1. The lowest BCUT2D eigenvalue weighted by molar-refractivity contribution is -0.884. The molecule has 1 fully saturated rings. The summed E-state index contributed by atoms with van der Waals surface area (Å²) in [6.07, 6.45) is 0. The average Bonchev–Trinajstić information content (AvgIpc) is 2.75. The number of nitrogens with one attached hydrogen (secondary N) is 2. The van der Waals surface area contributed by atoms with Gasteiger partial charge in [0.25, 0.3) is 0 Å². The molecule has 0 atom stereocenters. The van der Waals surface area contributed by atoms with E-state index in [4.69, 9.17) is 10.9 Å². The summed E-state index contributed by atoms with van der Waals surface area (Å²) in [5.41, 5.74) is 7.69. The maximum atomic E-state index is 9.03. The average molecular weight is 242 g/mol. The highest BCUT2D eigenvalue weighted by molar-refractivity contribution is 5.99. The highest BCUT2D eigenvalue weighted by atomic mass is 16.6. The summed E-state index contributed by atoms with van der Waals surface area (Å²) in [6, 6.07) is 0. The van der Waals surface area contributed by atoms with Crippen LogP contribution in [0.2, 0.25) is 0 Å². The highest BCUT2D eigenvalue weighted by Gasteiger charge is 2.19. The number of hydrogen-bond acceptors (Lipinski definition) is 7. The van der Waals surface area contributed by atoms with Gasteiger partial charge in [0, 0.05) is 0 Å². The lowest BCUT2D eigenvalue weighted by Gasteiger charge is -2.28. The van der Waals surface area contributed by atoms with E-state index >= 15 is 0 Å². The minimum Gasteiger partial charge on any atom is -0.379 e. The number of hydrogen-bond donors (Lipinski definition) is 4. The molecule has 17 heavy (non-hydrogen) atoms. The molecule has 2 rings (SSSR count). The maximum Gasteiger partial charge on any atom is 0.203 e. The second-order valence-electron chi connectivity index (χ2n) is 3.97. The Bertz CT molecular complexity index is 396. The first-order valence-corrected chi connectivity index (χ1v) is 5.34. The van der Waals surface area contributed by atoms with Crippen LogP contribution >= 0.6 is 0 Å². The van der Waals surface area contributed by atoms with E-state index in [2.05, 4.69) is 27.1 Å². The minimum atomic E-state index is 0.0880. The molecular weight excluding hydrogens is 226 g/mol. The predicted molar refractivity (Wildman–Crippen MR) is 58.4 cm³/mol. The van der Waals surface area contributed by atoms with Crippen LogP contribution in [0.5, 0.6) is 0 Å². The Hall–Kier alpha value is -1.87. The summed E-state index contributed by atoms with van der Waals surface area (Å²) < 4.78 is 4.45. The highest BCUT2D eigenvalue weighted by Crippen LogP contribution is 2.05. The lowest BCUT2D eigenvalue weighted by atomic mass is 10.4. The Balaban J connectivity index is 2.10. The van der Waals surface area contributed by atoms with Gasteiger partial charge in [-0.15, -0.1) is 0 Å². The van der Waals surface area contributed by atoms with Gasteiger partial charge in [-0.2, -0.15) is 5.10 Å². The minimum absolute atomic E-state index is 0.0880. The first kappa shape index (κ1) is 11.6. The van der Waals surface area contributed by atoms with E-state index in [1.165, 1.54) is 4.90 Å². The number of nitrogens with zero attached hydrogens (tertiary/aromatic N) is 4. The van der Waals surface area contributed by atoms with Crippen LogP contribution in [0.15, 0.2) is 9.73 Å². The monoisotopic (exact) mass is 242 g/mol. The number of hydrazone groups is 1. The van der Waals surface area contributed by atoms with Gasteiger partial charge in [-0.1, -0.05) is 0 Å². The molecule has 1 aliphatic rings. The zero-order valence-electron chi connectivity index (χ0n) is 9.55. The molecule has 1 aliphatic heterocycles. The Kier molecular flexibility index (Phi) is 3.40. The second kappa shape index (κ2) is 4.97. The van der Waals surface area contributed by atoms with E-state index < -0.39 is 0 Å². The van der Waals surface area contributed by atoms with E-state index in [9.17, 15) is 0 Å². The molecule has 5 N–H and O–H groups in total. The molecule has 1 saturated heterocycles. The molecule has 0 aliphatic carbocycles. The topological polar surface area (TPSA) is 117 Å². The van der Waals surface area contributed by atoms with Crippen molar-refractivity contribution in [2.45, 2.75) is 0 Å². The fraction of sp³-hybridized carbons (Fsp3) is 0.625. The molecule has 0 bridgehead atoms. The van der Waals surface area contributed by atoms with Crippen molar-refractivity contribution in [3.05, 3.63) is 5.69 Å². The Morgan fingerprint density at radius 2 is 2.24 bits per heavy atom. The van der Waals surface area contributed by atoms with Crippen LogP contribution < -0.4 is 16.1 Å². The maximum absolute atomic E-state index is 9.03. The largest absolute Gasteiger partial charge is 0.379 e. The third kappa shape index (κ3) is 2.63. The third-order valence-corrected chi connectivity index (χ3v) is 2.68. The molecule has 94 valence electrons. The van der Waals surface area contributed by atoms with Gasteiger partial charge in [0.1, 0.15) is 0 Å². The molecule has 2 heterocycles. The number of nitrogens with two attached hydrogens (primary N) is 1. The fourth-order valence-corrected chi connectivity index (χ4v) is 1.60. The predicted octanol–water partition coefficient (Wildman–Crippen LogP) is -2.88. The Morgan fingerprint density at radius 3 is 2.76 bits per heavy atom. The van der Waals surface area contributed by atoms with Gasteiger partial charge in [-0.25, -0.2) is 10.1 Å². The van der Waals surface area contributed by atoms with Crippen LogP contribution in [-0.4, -0.2) is 59.6 Å². The van der Waals surface area contributed by atoms with Crippen LogP contribution in [0.25, 0.3) is 0 Å². The first-order chi connectivity index (χ1) is 8.20. The number of hydroxylamine groups is 1. The van der Waals surface area contributed by atoms with Crippen molar-refractivity contribution in [3.63, 3.8) is 0 Å². The quantitative estimate of drug-likeness (QED) is 0.250. The molecule has 0 saturated carbocycles. The number of amidine groups is 1. The van der Waals surface area contributed by atoms with Gasteiger partial charge in [0.15, 0.2) is 11.5 Å². The number of rotatable bonds is 2. The zero-order valence-corrected chi connectivity index (χ0v) is 9.55. The van der Waals surface area contributed by atoms with E-state index in [1.54, 1.807) is 0 Å². The summed E-state index contributed by atoms with van der Waals surface area (Å²) in [5, 5.41) is 22.1. The lowest BCUT2D eigenvalue weighted by Crippen LogP contribution is -3.11. The van der Waals surface area contributed by atoms with Gasteiger partial charge in [-0.05, 0) is 10.3 Å². The SMILES string of the molecule is C[NH+]1CCN(/N=C(\NO)c2nonc2N)CC1. The molecule has 9 heteroatoms. The van der Waals surface area contributed by atoms with Gasteiger partial charge >= 0.3 is 0 Å². The molecule has 0 spiro atoms. The summed E-state index contributed by atoms with van der Waals surface area (Å²) in [5.74, 6) is 0.230. The molecular formula is C8H16N7O2+. The van der Waals surface area contributed by atoms with Gasteiger partial charge in [0.05, 0.1) is 33.2 Å². The Morgan fingerprint density at radius 1 is 1.53 bits per heavy atom. The van der Waals surface area contributed by atoms with Crippen molar-refractivity contribution in [2.24, 2.45) is 5.10 Å². The number of anilines is 1. The van der Waals surface area contributed by atoms with Crippen LogP contribution in [0.1, 0.15) is 5.69 Å². The normalized spacial score (nSPS) is 18.5. The summed E-state index contributed by atoms with van der Waals surface area (Å²) >= 11 is 0. The van der Waals surface area contributed by atoms with E-state index in [0.29, 0.717) is 0 Å². The molecule has 9 nitrogen and oxygen atoms in total. The number of likely N-dealkylation sites (N-methyl/N-ethyl adjacent to an activating group) is 1. The standard InChI is InChI=1S/C8H15N7O2/c1-14-2-4-15(5-3-14)10-8(11-16)6-7(9)13-17-12-6/h16H,2-5H2,1H3,(H2,9,13)(H,10,11)/p+1.